The third-order valence-electron chi connectivity index (χ3n) is 10.6. The highest BCUT2D eigenvalue weighted by Crippen LogP contribution is 2.37. The lowest BCUT2D eigenvalue weighted by molar-refractivity contribution is -0.134. The van der Waals surface area contributed by atoms with Crippen molar-refractivity contribution in [1.29, 1.82) is 0 Å². The van der Waals surface area contributed by atoms with E-state index in [1.165, 1.54) is 5.56 Å². The molecule has 0 bridgehead atoms. The minimum Gasteiger partial charge on any atom is -0.369 e. The molecule has 5 heterocycles. The molecule has 0 aliphatic carbocycles. The molecule has 14 heteroatoms. The third kappa shape index (κ3) is 7.63. The predicted molar refractivity (Wildman–Crippen MR) is 201 cm³/mol. The van der Waals surface area contributed by atoms with Crippen molar-refractivity contribution in [3.63, 3.8) is 0 Å². The van der Waals surface area contributed by atoms with E-state index in [-0.39, 0.29) is 47.8 Å². The zero-order valence-corrected chi connectivity index (χ0v) is 30.2. The second-order valence-electron chi connectivity index (χ2n) is 14.4. The van der Waals surface area contributed by atoms with Crippen LogP contribution in [0.5, 0.6) is 0 Å². The van der Waals surface area contributed by atoms with Gasteiger partial charge in [0.05, 0.1) is 29.0 Å². The number of nitrogens with one attached hydrogen (secondary N) is 3. The number of hydrogen-bond acceptors (Lipinski definition) is 9. The molecule has 0 radical (unpaired) electrons. The van der Waals surface area contributed by atoms with Gasteiger partial charge in [-0.1, -0.05) is 50.1 Å². The van der Waals surface area contributed by atoms with Crippen molar-refractivity contribution in [1.82, 2.24) is 35.0 Å². The Morgan fingerprint density at radius 2 is 1.85 bits per heavy atom. The van der Waals surface area contributed by atoms with Gasteiger partial charge in [-0.25, -0.2) is 9.50 Å². The minimum absolute atomic E-state index is 0.0451. The quantitative estimate of drug-likeness (QED) is 0.103. The molecular formula is C39H46N10O4. The molecule has 5 aromatic rings. The molecule has 53 heavy (non-hydrogen) atoms. The summed E-state index contributed by atoms with van der Waals surface area (Å²) in [6, 6.07) is 18.2. The number of aromatic nitrogens is 5. The fourth-order valence-electron chi connectivity index (χ4n) is 7.56. The maximum absolute atomic E-state index is 13.0. The predicted octanol–water partition coefficient (Wildman–Crippen LogP) is 4.08. The molecule has 2 aromatic carbocycles. The number of unbranched alkanes of at least 4 members (excludes halogenated alkanes) is 3. The van der Waals surface area contributed by atoms with Crippen LogP contribution in [0.1, 0.15) is 91.6 Å². The standard InChI is InChI=1S/C39H46N10O4/c1-39(26-10-6-5-7-11-26)17-19-48(24-39)28-20-25(22-40)36-44-35(46-49(36)23-28)38(53)41-18-9-4-3-8-12-32(50)42-27-13-14-29-31(21-27)47(2)45-34(29)30-15-16-33(51)43-37(30)52/h5-7,10-11,13-14,20-21,23,30H,3-4,8-9,12,15-19,22,24,40H2,1-2H3,(H,41,53)(H,42,50)(H,43,51,52)/t30?,39-/m0/s1. The molecule has 4 amide bonds. The monoisotopic (exact) mass is 718 g/mol. The number of nitrogens with zero attached hydrogens (tertiary/aromatic N) is 6. The highest BCUT2D eigenvalue weighted by atomic mass is 16.2. The topological polar surface area (TPSA) is 182 Å². The number of rotatable bonds is 13. The molecule has 276 valence electrons. The van der Waals surface area contributed by atoms with E-state index in [0.717, 1.165) is 60.9 Å². The summed E-state index contributed by atoms with van der Waals surface area (Å²) in [5.74, 6) is -1.38. The normalized spacial score (nSPS) is 18.8. The van der Waals surface area contributed by atoms with Crippen molar-refractivity contribution >= 4 is 51.6 Å². The van der Waals surface area contributed by atoms with Gasteiger partial charge in [0, 0.05) is 68.1 Å². The van der Waals surface area contributed by atoms with E-state index in [2.05, 4.69) is 73.3 Å². The number of nitrogens with two attached hydrogens (primary N) is 1. The lowest BCUT2D eigenvalue weighted by Gasteiger charge is -2.26. The van der Waals surface area contributed by atoms with Crippen LogP contribution in [0.25, 0.3) is 16.6 Å². The Morgan fingerprint density at radius 1 is 1.04 bits per heavy atom. The van der Waals surface area contributed by atoms with Gasteiger partial charge in [0.1, 0.15) is 0 Å². The maximum atomic E-state index is 13.0. The average Bonchev–Trinajstić information content (AvgIpc) is 3.87. The molecule has 5 N–H and O–H groups in total. The van der Waals surface area contributed by atoms with Crippen molar-refractivity contribution in [3.05, 3.63) is 83.4 Å². The number of aryl methyl sites for hydroxylation is 1. The number of carbonyl (C=O) groups is 4. The Morgan fingerprint density at radius 3 is 2.64 bits per heavy atom. The van der Waals surface area contributed by atoms with Gasteiger partial charge in [-0.05, 0) is 55.5 Å². The first-order chi connectivity index (χ1) is 25.6. The largest absolute Gasteiger partial charge is 0.369 e. The Hall–Kier alpha value is -5.63. The summed E-state index contributed by atoms with van der Waals surface area (Å²) in [6.45, 7) is 4.85. The van der Waals surface area contributed by atoms with Crippen LogP contribution in [0.4, 0.5) is 11.4 Å². The van der Waals surface area contributed by atoms with E-state index >= 15 is 0 Å². The van der Waals surface area contributed by atoms with Gasteiger partial charge in [0.15, 0.2) is 5.65 Å². The number of piperidine rings is 1. The highest BCUT2D eigenvalue weighted by Gasteiger charge is 2.36. The second kappa shape index (κ2) is 15.2. The van der Waals surface area contributed by atoms with Crippen molar-refractivity contribution in [2.24, 2.45) is 12.8 Å². The van der Waals surface area contributed by atoms with E-state index in [1.807, 2.05) is 30.5 Å². The Balaban J connectivity index is 0.853. The summed E-state index contributed by atoms with van der Waals surface area (Å²) in [4.78, 5) is 56.5. The zero-order valence-electron chi connectivity index (χ0n) is 30.2. The fourth-order valence-corrected chi connectivity index (χ4v) is 7.56. The van der Waals surface area contributed by atoms with Crippen LogP contribution in [0, 0.1) is 0 Å². The van der Waals surface area contributed by atoms with Gasteiger partial charge < -0.3 is 21.3 Å². The number of carbonyl (C=O) groups excluding carboxylic acids is 4. The van der Waals surface area contributed by atoms with Crippen LogP contribution >= 0.6 is 0 Å². The zero-order chi connectivity index (χ0) is 37.1. The van der Waals surface area contributed by atoms with E-state index < -0.39 is 5.92 Å². The van der Waals surface area contributed by atoms with Gasteiger partial charge in [0.2, 0.25) is 23.5 Å². The molecule has 14 nitrogen and oxygen atoms in total. The summed E-state index contributed by atoms with van der Waals surface area (Å²) in [7, 11) is 1.79. The van der Waals surface area contributed by atoms with Crippen LogP contribution in [-0.4, -0.2) is 67.6 Å². The second-order valence-corrected chi connectivity index (χ2v) is 14.4. The number of imide groups is 1. The van der Waals surface area contributed by atoms with Crippen molar-refractivity contribution in [3.8, 4) is 0 Å². The highest BCUT2D eigenvalue weighted by molar-refractivity contribution is 6.03. The number of pyridine rings is 1. The van der Waals surface area contributed by atoms with E-state index in [9.17, 15) is 19.2 Å². The molecule has 7 rings (SSSR count). The summed E-state index contributed by atoms with van der Waals surface area (Å²) >= 11 is 0. The van der Waals surface area contributed by atoms with Gasteiger partial charge in [-0.3, -0.25) is 29.2 Å². The van der Waals surface area contributed by atoms with Gasteiger partial charge >= 0.3 is 0 Å². The van der Waals surface area contributed by atoms with Crippen LogP contribution < -0.4 is 26.6 Å². The van der Waals surface area contributed by atoms with E-state index in [1.54, 1.807) is 16.2 Å². The number of benzene rings is 2. The molecule has 0 saturated carbocycles. The maximum Gasteiger partial charge on any atom is 0.290 e. The molecule has 3 aromatic heterocycles. The molecular weight excluding hydrogens is 672 g/mol. The van der Waals surface area contributed by atoms with Crippen LogP contribution in [-0.2, 0) is 33.4 Å². The fraction of sp³-hybridized carbons (Fsp3) is 0.410. The smallest absolute Gasteiger partial charge is 0.290 e. The molecule has 2 atom stereocenters. The molecule has 0 spiro atoms. The number of anilines is 2. The Kier molecular flexibility index (Phi) is 10.2. The van der Waals surface area contributed by atoms with Crippen molar-refractivity contribution in [2.75, 3.05) is 29.9 Å². The SMILES string of the molecule is Cn1nc(C2CCC(=O)NC2=O)c2ccc(NC(=O)CCCCCCNC(=O)c3nc4c(CN)cc(N5CC[C@](C)(c6ccccc6)C5)cn4n3)cc21. The first kappa shape index (κ1) is 35.8. The number of hydrogen-bond donors (Lipinski definition) is 4. The van der Waals surface area contributed by atoms with Crippen molar-refractivity contribution < 1.29 is 19.2 Å². The van der Waals surface area contributed by atoms with Crippen LogP contribution in [0.2, 0.25) is 0 Å². The molecule has 2 fully saturated rings. The summed E-state index contributed by atoms with van der Waals surface area (Å²) < 4.78 is 3.36. The molecule has 2 saturated heterocycles. The van der Waals surface area contributed by atoms with Crippen molar-refractivity contribution in [2.45, 2.75) is 76.2 Å². The van der Waals surface area contributed by atoms with E-state index in [4.69, 9.17) is 5.73 Å². The molecule has 1 unspecified atom stereocenters. The molecule has 2 aliphatic rings. The Bertz CT molecular complexity index is 2180. The lowest BCUT2D eigenvalue weighted by Crippen LogP contribution is -2.39. The van der Waals surface area contributed by atoms with Crippen LogP contribution in [0.15, 0.2) is 60.8 Å². The molecule has 2 aliphatic heterocycles. The summed E-state index contributed by atoms with van der Waals surface area (Å²) in [5.41, 5.74) is 12.0. The third-order valence-corrected chi connectivity index (χ3v) is 10.6. The summed E-state index contributed by atoms with van der Waals surface area (Å²) in [6.07, 6.45) is 7.22. The number of amides is 4. The first-order valence-electron chi connectivity index (χ1n) is 18.4. The Labute approximate surface area is 307 Å². The minimum atomic E-state index is -0.482. The van der Waals surface area contributed by atoms with Gasteiger partial charge in [-0.15, -0.1) is 5.10 Å². The lowest BCUT2D eigenvalue weighted by atomic mass is 9.82. The average molecular weight is 719 g/mol. The summed E-state index contributed by atoms with van der Waals surface area (Å²) in [5, 5.41) is 18.2. The van der Waals surface area contributed by atoms with Gasteiger partial charge in [-0.2, -0.15) is 5.10 Å². The number of fused-ring (bicyclic) bond motifs is 2. The first-order valence-corrected chi connectivity index (χ1v) is 18.4. The van der Waals surface area contributed by atoms with Crippen LogP contribution in [0.3, 0.4) is 0 Å². The van der Waals surface area contributed by atoms with E-state index in [0.29, 0.717) is 42.8 Å². The van der Waals surface area contributed by atoms with Gasteiger partial charge in [0.25, 0.3) is 5.91 Å².